The monoisotopic (exact) mass is 512 g/mol. The third kappa shape index (κ3) is 3.79. The van der Waals surface area contributed by atoms with Gasteiger partial charge in [-0.3, -0.25) is 14.4 Å². The average molecular weight is 513 g/mol. The van der Waals surface area contributed by atoms with Crippen molar-refractivity contribution in [2.45, 2.75) is 119 Å². The molecule has 5 nitrogen and oxygen atoms in total. The summed E-state index contributed by atoms with van der Waals surface area (Å²) in [7, 11) is 0. The van der Waals surface area contributed by atoms with Crippen LogP contribution in [0.4, 0.5) is 0 Å². The van der Waals surface area contributed by atoms with Gasteiger partial charge in [0, 0.05) is 24.2 Å². The van der Waals surface area contributed by atoms with Crippen LogP contribution in [-0.4, -0.2) is 28.9 Å². The Morgan fingerprint density at radius 2 is 1.62 bits per heavy atom. The number of hydrogen-bond donors (Lipinski definition) is 1. The topological polar surface area (TPSA) is 80.7 Å². The van der Waals surface area contributed by atoms with E-state index in [1.807, 2.05) is 0 Å². The summed E-state index contributed by atoms with van der Waals surface area (Å²) in [5.41, 5.74) is 2.12. The summed E-state index contributed by atoms with van der Waals surface area (Å²) in [5.74, 6) is 1.38. The summed E-state index contributed by atoms with van der Waals surface area (Å²) in [6, 6.07) is 0. The molecule has 0 aromatic carbocycles. The summed E-state index contributed by atoms with van der Waals surface area (Å²) in [6.07, 6.45) is 8.90. The fourth-order valence-corrected chi connectivity index (χ4v) is 11.3. The van der Waals surface area contributed by atoms with Crippen LogP contribution in [0.25, 0.3) is 0 Å². The number of aliphatic carboxylic acids is 1. The number of carboxylic acid groups (broad SMARTS) is 1. The van der Waals surface area contributed by atoms with Gasteiger partial charge in [-0.2, -0.15) is 0 Å². The molecule has 8 atom stereocenters. The van der Waals surface area contributed by atoms with E-state index in [1.54, 1.807) is 0 Å². The number of carbonyl (C=O) groups excluding carboxylic acids is 2. The number of ether oxygens (including phenoxy) is 1. The molecule has 0 saturated heterocycles. The number of hydrogen-bond acceptors (Lipinski definition) is 4. The minimum atomic E-state index is -0.770. The first-order chi connectivity index (χ1) is 17.2. The van der Waals surface area contributed by atoms with E-state index < -0.39 is 11.4 Å². The molecule has 4 fully saturated rings. The molecule has 0 heterocycles. The first-order valence-electron chi connectivity index (χ1n) is 14.8. The standard InChI is InChI=1S/C32H48O5/c1-18(2)27-22(34)16-32(17-26(35)36)15-10-21-20(28(27)32)8-9-24-30(21,6)13-11-23-29(4,5)25(37-19(3)33)12-14-31(23,24)7/h18,20-21,23-25H,8-17H2,1-7H3,(H,35,36). The van der Waals surface area contributed by atoms with Crippen molar-refractivity contribution in [3.05, 3.63) is 11.1 Å². The molecule has 37 heavy (non-hydrogen) atoms. The van der Waals surface area contributed by atoms with Crippen LogP contribution in [0.2, 0.25) is 0 Å². The Balaban J connectivity index is 1.51. The van der Waals surface area contributed by atoms with Gasteiger partial charge in [0.15, 0.2) is 5.78 Å². The van der Waals surface area contributed by atoms with Crippen LogP contribution in [0.3, 0.4) is 0 Å². The Hall–Kier alpha value is -1.65. The molecule has 5 rings (SSSR count). The molecule has 4 saturated carbocycles. The first-order valence-corrected chi connectivity index (χ1v) is 14.8. The lowest BCUT2D eigenvalue weighted by molar-refractivity contribution is -0.212. The molecule has 0 aromatic rings. The maximum Gasteiger partial charge on any atom is 0.304 e. The van der Waals surface area contributed by atoms with E-state index in [0.717, 1.165) is 50.5 Å². The second-order valence-electron chi connectivity index (χ2n) is 14.9. The number of ketones is 1. The third-order valence-electron chi connectivity index (χ3n) is 12.5. The molecule has 0 spiro atoms. The second-order valence-corrected chi connectivity index (χ2v) is 14.9. The molecule has 1 N–H and O–H groups in total. The van der Waals surface area contributed by atoms with Gasteiger partial charge >= 0.3 is 11.9 Å². The predicted molar refractivity (Wildman–Crippen MR) is 143 cm³/mol. The highest BCUT2D eigenvalue weighted by molar-refractivity contribution is 6.01. The number of carboxylic acids is 1. The van der Waals surface area contributed by atoms with Crippen molar-refractivity contribution in [3.8, 4) is 0 Å². The average Bonchev–Trinajstić information content (AvgIpc) is 3.06. The molecule has 5 heteroatoms. The third-order valence-corrected chi connectivity index (χ3v) is 12.5. The van der Waals surface area contributed by atoms with Crippen molar-refractivity contribution >= 4 is 17.7 Å². The maximum absolute atomic E-state index is 13.3. The molecule has 0 bridgehead atoms. The molecule has 5 aliphatic carbocycles. The molecule has 0 aromatic heterocycles. The van der Waals surface area contributed by atoms with Gasteiger partial charge < -0.3 is 9.84 Å². The summed E-state index contributed by atoms with van der Waals surface area (Å²) in [4.78, 5) is 37.2. The number of rotatable bonds is 4. The number of carbonyl (C=O) groups is 3. The minimum absolute atomic E-state index is 0.0154. The van der Waals surface area contributed by atoms with Crippen LogP contribution >= 0.6 is 0 Å². The quantitative estimate of drug-likeness (QED) is 0.411. The lowest BCUT2D eigenvalue weighted by atomic mass is 9.36. The van der Waals surface area contributed by atoms with Gasteiger partial charge in [0.2, 0.25) is 0 Å². The van der Waals surface area contributed by atoms with Crippen LogP contribution < -0.4 is 0 Å². The molecule has 5 aliphatic rings. The SMILES string of the molecule is CC(=O)OC1CCC2(C)C(CCC3(C)C4CCC5(CC(=O)O)CC(=O)C(C(C)C)=C5C4CCC32)C1(C)C. The zero-order chi connectivity index (χ0) is 27.1. The molecule has 0 amide bonds. The lowest BCUT2D eigenvalue weighted by Gasteiger charge is -2.68. The van der Waals surface area contributed by atoms with Crippen LogP contribution in [0.5, 0.6) is 0 Å². The highest BCUT2D eigenvalue weighted by Crippen LogP contribution is 2.73. The summed E-state index contributed by atoms with van der Waals surface area (Å²) < 4.78 is 5.86. The van der Waals surface area contributed by atoms with Crippen LogP contribution in [0.15, 0.2) is 11.1 Å². The van der Waals surface area contributed by atoms with Gasteiger partial charge in [0.25, 0.3) is 0 Å². The van der Waals surface area contributed by atoms with Crippen LogP contribution in [-0.2, 0) is 19.1 Å². The molecule has 0 aliphatic heterocycles. The van der Waals surface area contributed by atoms with Gasteiger partial charge in [-0.1, -0.05) is 47.1 Å². The van der Waals surface area contributed by atoms with Crippen molar-refractivity contribution in [2.24, 2.45) is 51.2 Å². The van der Waals surface area contributed by atoms with Crippen molar-refractivity contribution in [3.63, 3.8) is 0 Å². The van der Waals surface area contributed by atoms with Crippen molar-refractivity contribution in [2.75, 3.05) is 0 Å². The Labute approximate surface area is 223 Å². The van der Waals surface area contributed by atoms with E-state index in [2.05, 4.69) is 41.5 Å². The Morgan fingerprint density at radius 1 is 0.946 bits per heavy atom. The Morgan fingerprint density at radius 3 is 2.24 bits per heavy atom. The maximum atomic E-state index is 13.3. The highest BCUT2D eigenvalue weighted by Gasteiger charge is 2.66. The number of esters is 1. The first kappa shape index (κ1) is 26.9. The Kier molecular flexibility index (Phi) is 6.32. The molecule has 0 radical (unpaired) electrons. The highest BCUT2D eigenvalue weighted by atomic mass is 16.5. The van der Waals surface area contributed by atoms with E-state index >= 15 is 0 Å². The van der Waals surface area contributed by atoms with E-state index in [0.29, 0.717) is 30.1 Å². The lowest BCUT2D eigenvalue weighted by Crippen LogP contribution is -2.63. The predicted octanol–water partition coefficient (Wildman–Crippen LogP) is 6.98. The van der Waals surface area contributed by atoms with Gasteiger partial charge in [-0.05, 0) is 97.4 Å². The summed E-state index contributed by atoms with van der Waals surface area (Å²) >= 11 is 0. The smallest absolute Gasteiger partial charge is 0.304 e. The number of Topliss-reactive ketones (excluding diaryl/α,β-unsaturated/α-hetero) is 1. The molecule has 8 unspecified atom stereocenters. The van der Waals surface area contributed by atoms with Gasteiger partial charge in [0.1, 0.15) is 6.10 Å². The van der Waals surface area contributed by atoms with E-state index in [-0.39, 0.29) is 46.4 Å². The van der Waals surface area contributed by atoms with Gasteiger partial charge in [0.05, 0.1) is 6.42 Å². The Bertz CT molecular complexity index is 1040. The van der Waals surface area contributed by atoms with Gasteiger partial charge in [-0.15, -0.1) is 0 Å². The van der Waals surface area contributed by atoms with Crippen molar-refractivity contribution in [1.82, 2.24) is 0 Å². The van der Waals surface area contributed by atoms with Crippen molar-refractivity contribution in [1.29, 1.82) is 0 Å². The summed E-state index contributed by atoms with van der Waals surface area (Å²) in [5, 5.41) is 9.88. The van der Waals surface area contributed by atoms with E-state index in [1.165, 1.54) is 18.9 Å². The zero-order valence-electron chi connectivity index (χ0n) is 24.1. The summed E-state index contributed by atoms with van der Waals surface area (Å²) in [6.45, 7) is 15.5. The van der Waals surface area contributed by atoms with Crippen LogP contribution in [0, 0.1) is 51.2 Å². The fourth-order valence-electron chi connectivity index (χ4n) is 11.3. The number of allylic oxidation sites excluding steroid dienone is 2. The van der Waals surface area contributed by atoms with E-state index in [9.17, 15) is 19.5 Å². The largest absolute Gasteiger partial charge is 0.481 e. The second kappa shape index (κ2) is 8.68. The van der Waals surface area contributed by atoms with Crippen LogP contribution in [0.1, 0.15) is 113 Å². The molecule has 206 valence electrons. The number of fused-ring (bicyclic) bond motifs is 7. The van der Waals surface area contributed by atoms with E-state index in [4.69, 9.17) is 4.74 Å². The zero-order valence-corrected chi connectivity index (χ0v) is 24.1. The van der Waals surface area contributed by atoms with Gasteiger partial charge in [-0.25, -0.2) is 0 Å². The minimum Gasteiger partial charge on any atom is -0.481 e. The normalized spacial score (nSPS) is 44.5. The fraction of sp³-hybridized carbons (Fsp3) is 0.844. The van der Waals surface area contributed by atoms with Crippen molar-refractivity contribution < 1.29 is 24.2 Å². The molecular formula is C32H48O5. The molecular weight excluding hydrogens is 464 g/mol.